The van der Waals surface area contributed by atoms with Crippen molar-refractivity contribution in [1.82, 2.24) is 5.32 Å². The second-order valence-electron chi connectivity index (χ2n) is 4.20. The van der Waals surface area contributed by atoms with Crippen LogP contribution in [0.15, 0.2) is 28.7 Å². The van der Waals surface area contributed by atoms with Gasteiger partial charge in [-0.2, -0.15) is 0 Å². The van der Waals surface area contributed by atoms with Crippen molar-refractivity contribution in [2.24, 2.45) is 0 Å². The molecule has 1 rings (SSSR count). The third-order valence-corrected chi connectivity index (χ3v) is 3.23. The van der Waals surface area contributed by atoms with Crippen LogP contribution in [0.5, 0.6) is 0 Å². The highest BCUT2D eigenvalue weighted by molar-refractivity contribution is 9.10. The number of methoxy groups -OCH3 is 1. The summed E-state index contributed by atoms with van der Waals surface area (Å²) < 4.78 is 6.26. The lowest BCUT2D eigenvalue weighted by Gasteiger charge is -2.19. The summed E-state index contributed by atoms with van der Waals surface area (Å²) in [4.78, 5) is 0. The molecule has 0 radical (unpaired) electrons. The summed E-state index contributed by atoms with van der Waals surface area (Å²) in [6.07, 6.45) is 3.36. The van der Waals surface area contributed by atoms with E-state index in [1.807, 2.05) is 0 Å². The zero-order valence-electron chi connectivity index (χ0n) is 10.7. The molecular formula is C14H22BrNO. The first kappa shape index (κ1) is 14.7. The molecule has 2 nitrogen and oxygen atoms in total. The molecule has 0 bridgehead atoms. The molecule has 1 unspecified atom stereocenters. The van der Waals surface area contributed by atoms with Crippen molar-refractivity contribution < 1.29 is 4.74 Å². The molecule has 0 aromatic heterocycles. The van der Waals surface area contributed by atoms with Crippen molar-refractivity contribution in [1.29, 1.82) is 0 Å². The van der Waals surface area contributed by atoms with Gasteiger partial charge in [0.1, 0.15) is 0 Å². The van der Waals surface area contributed by atoms with Crippen LogP contribution in [0.4, 0.5) is 0 Å². The van der Waals surface area contributed by atoms with Gasteiger partial charge in [0.05, 0.1) is 0 Å². The topological polar surface area (TPSA) is 21.3 Å². The van der Waals surface area contributed by atoms with Crippen LogP contribution in [0.25, 0.3) is 0 Å². The number of halogens is 1. The summed E-state index contributed by atoms with van der Waals surface area (Å²) in [5, 5.41) is 3.60. The summed E-state index contributed by atoms with van der Waals surface area (Å²) in [6.45, 7) is 4.09. The number of hydrogen-bond acceptors (Lipinski definition) is 2. The monoisotopic (exact) mass is 299 g/mol. The Morgan fingerprint density at radius 2 is 2.24 bits per heavy atom. The van der Waals surface area contributed by atoms with Gasteiger partial charge in [-0.15, -0.1) is 0 Å². The van der Waals surface area contributed by atoms with Crippen LogP contribution in [-0.4, -0.2) is 20.3 Å². The SMILES string of the molecule is CCCNC(CCCOC)c1cccc(Br)c1. The first-order valence-electron chi connectivity index (χ1n) is 6.25. The molecule has 0 spiro atoms. The van der Waals surface area contributed by atoms with Gasteiger partial charge in [0, 0.05) is 24.2 Å². The Hall–Kier alpha value is -0.380. The van der Waals surface area contributed by atoms with E-state index in [9.17, 15) is 0 Å². The largest absolute Gasteiger partial charge is 0.385 e. The second-order valence-corrected chi connectivity index (χ2v) is 5.11. The van der Waals surface area contributed by atoms with Gasteiger partial charge in [0.2, 0.25) is 0 Å². The fourth-order valence-corrected chi connectivity index (χ4v) is 2.28. The Balaban J connectivity index is 2.60. The molecule has 0 saturated carbocycles. The van der Waals surface area contributed by atoms with Gasteiger partial charge >= 0.3 is 0 Å². The maximum absolute atomic E-state index is 5.12. The lowest BCUT2D eigenvalue weighted by molar-refractivity contribution is 0.188. The molecule has 0 heterocycles. The molecule has 1 aromatic carbocycles. The average Bonchev–Trinajstić information content (AvgIpc) is 2.33. The molecule has 3 heteroatoms. The highest BCUT2D eigenvalue weighted by atomic mass is 79.9. The standard InChI is InChI=1S/C14H22BrNO/c1-3-9-16-14(8-5-10-17-2)12-6-4-7-13(15)11-12/h4,6-7,11,14,16H,3,5,8-10H2,1-2H3. The van der Waals surface area contributed by atoms with E-state index >= 15 is 0 Å². The number of benzene rings is 1. The summed E-state index contributed by atoms with van der Waals surface area (Å²) in [5.41, 5.74) is 1.35. The maximum atomic E-state index is 5.12. The summed E-state index contributed by atoms with van der Waals surface area (Å²) in [5.74, 6) is 0. The Morgan fingerprint density at radius 3 is 2.88 bits per heavy atom. The van der Waals surface area contributed by atoms with Crippen LogP contribution in [-0.2, 0) is 4.74 Å². The molecule has 17 heavy (non-hydrogen) atoms. The van der Waals surface area contributed by atoms with Gasteiger partial charge in [-0.25, -0.2) is 0 Å². The molecule has 0 aliphatic carbocycles. The van der Waals surface area contributed by atoms with Crippen molar-refractivity contribution in [2.45, 2.75) is 32.2 Å². The minimum Gasteiger partial charge on any atom is -0.385 e. The number of nitrogens with one attached hydrogen (secondary N) is 1. The fraction of sp³-hybridized carbons (Fsp3) is 0.571. The molecular weight excluding hydrogens is 278 g/mol. The van der Waals surface area contributed by atoms with E-state index in [1.54, 1.807) is 7.11 Å². The van der Waals surface area contributed by atoms with Crippen molar-refractivity contribution in [3.05, 3.63) is 34.3 Å². The minimum absolute atomic E-state index is 0.433. The zero-order valence-corrected chi connectivity index (χ0v) is 12.3. The maximum Gasteiger partial charge on any atom is 0.0462 e. The third kappa shape index (κ3) is 5.66. The molecule has 0 amide bonds. The molecule has 0 aliphatic rings. The van der Waals surface area contributed by atoms with Gasteiger partial charge < -0.3 is 10.1 Å². The van der Waals surface area contributed by atoms with Crippen molar-refractivity contribution in [2.75, 3.05) is 20.3 Å². The molecule has 0 saturated heterocycles. The predicted octanol–water partition coefficient (Wildman–Crippen LogP) is 3.92. The van der Waals surface area contributed by atoms with Gasteiger partial charge in [-0.1, -0.05) is 35.0 Å². The number of rotatable bonds is 8. The van der Waals surface area contributed by atoms with Gasteiger partial charge in [-0.05, 0) is 43.5 Å². The minimum atomic E-state index is 0.433. The van der Waals surface area contributed by atoms with Crippen molar-refractivity contribution in [3.8, 4) is 0 Å². The van der Waals surface area contributed by atoms with Crippen LogP contribution in [0.3, 0.4) is 0 Å². The second kappa shape index (κ2) is 8.67. The van der Waals surface area contributed by atoms with E-state index < -0.39 is 0 Å². The van der Waals surface area contributed by atoms with Gasteiger partial charge in [-0.3, -0.25) is 0 Å². The first-order chi connectivity index (χ1) is 8.27. The van der Waals surface area contributed by atoms with E-state index in [2.05, 4.69) is 52.4 Å². The normalized spacial score (nSPS) is 12.6. The van der Waals surface area contributed by atoms with E-state index in [-0.39, 0.29) is 0 Å². The number of ether oxygens (including phenoxy) is 1. The molecule has 1 atom stereocenters. The Bertz CT molecular complexity index is 317. The molecule has 96 valence electrons. The van der Waals surface area contributed by atoms with Crippen molar-refractivity contribution >= 4 is 15.9 Å². The zero-order chi connectivity index (χ0) is 12.5. The smallest absolute Gasteiger partial charge is 0.0462 e. The first-order valence-corrected chi connectivity index (χ1v) is 7.05. The molecule has 0 aliphatic heterocycles. The highest BCUT2D eigenvalue weighted by Crippen LogP contribution is 2.22. The summed E-state index contributed by atoms with van der Waals surface area (Å²) >= 11 is 3.53. The average molecular weight is 300 g/mol. The molecule has 1 N–H and O–H groups in total. The van der Waals surface area contributed by atoms with Crippen molar-refractivity contribution in [3.63, 3.8) is 0 Å². The van der Waals surface area contributed by atoms with Gasteiger partial charge in [0.15, 0.2) is 0 Å². The molecule has 1 aromatic rings. The van der Waals surface area contributed by atoms with Crippen LogP contribution in [0, 0.1) is 0 Å². The van der Waals surface area contributed by atoms with Crippen LogP contribution in [0.2, 0.25) is 0 Å². The fourth-order valence-electron chi connectivity index (χ4n) is 1.86. The summed E-state index contributed by atoms with van der Waals surface area (Å²) in [6, 6.07) is 8.97. The van der Waals surface area contributed by atoms with Crippen LogP contribution >= 0.6 is 15.9 Å². The Labute approximate surface area is 113 Å². The van der Waals surface area contributed by atoms with E-state index in [0.29, 0.717) is 6.04 Å². The lowest BCUT2D eigenvalue weighted by atomic mass is 10.0. The van der Waals surface area contributed by atoms with E-state index in [1.165, 1.54) is 5.56 Å². The van der Waals surface area contributed by atoms with Crippen LogP contribution < -0.4 is 5.32 Å². The quantitative estimate of drug-likeness (QED) is 0.735. The van der Waals surface area contributed by atoms with Crippen LogP contribution in [0.1, 0.15) is 37.8 Å². The number of hydrogen-bond donors (Lipinski definition) is 1. The highest BCUT2D eigenvalue weighted by Gasteiger charge is 2.10. The van der Waals surface area contributed by atoms with Gasteiger partial charge in [0.25, 0.3) is 0 Å². The lowest BCUT2D eigenvalue weighted by Crippen LogP contribution is -2.22. The predicted molar refractivity (Wildman–Crippen MR) is 76.3 cm³/mol. The summed E-state index contributed by atoms with van der Waals surface area (Å²) in [7, 11) is 1.76. The Morgan fingerprint density at radius 1 is 1.41 bits per heavy atom. The van der Waals surface area contributed by atoms with E-state index in [0.717, 1.165) is 36.9 Å². The third-order valence-electron chi connectivity index (χ3n) is 2.73. The molecule has 0 fully saturated rings. The van der Waals surface area contributed by atoms with E-state index in [4.69, 9.17) is 4.74 Å². The Kier molecular flexibility index (Phi) is 7.49.